The largest absolute Gasteiger partial charge is 0.408 e. The average Bonchev–Trinajstić information content (AvgIpc) is 2.58. The van der Waals surface area contributed by atoms with Crippen molar-refractivity contribution in [3.05, 3.63) is 18.0 Å². The number of halogens is 4. The molecular weight excluding hydrogens is 259 g/mol. The molecule has 0 spiro atoms. The van der Waals surface area contributed by atoms with Crippen molar-refractivity contribution in [1.82, 2.24) is 15.1 Å². The van der Waals surface area contributed by atoms with E-state index in [1.165, 1.54) is 12.4 Å². The van der Waals surface area contributed by atoms with Gasteiger partial charge in [-0.05, 0) is 0 Å². The van der Waals surface area contributed by atoms with Crippen molar-refractivity contribution in [3.8, 4) is 0 Å². The van der Waals surface area contributed by atoms with Crippen LogP contribution in [0.1, 0.15) is 5.56 Å². The molecule has 0 bridgehead atoms. The molecule has 0 aliphatic heterocycles. The SMILES string of the molecule is COCCNCc1cnn(CC(F)(F)F)c1.Cl. The van der Waals surface area contributed by atoms with Crippen LogP contribution < -0.4 is 5.32 Å². The van der Waals surface area contributed by atoms with Gasteiger partial charge in [0.2, 0.25) is 0 Å². The Morgan fingerprint density at radius 2 is 2.18 bits per heavy atom. The number of methoxy groups -OCH3 is 1. The second kappa shape index (κ2) is 7.52. The monoisotopic (exact) mass is 273 g/mol. The lowest BCUT2D eigenvalue weighted by Crippen LogP contribution is -2.19. The first kappa shape index (κ1) is 16.2. The highest BCUT2D eigenvalue weighted by molar-refractivity contribution is 5.85. The summed E-state index contributed by atoms with van der Waals surface area (Å²) in [4.78, 5) is 0. The molecule has 0 aliphatic carbocycles. The second-order valence-corrected chi connectivity index (χ2v) is 3.33. The lowest BCUT2D eigenvalue weighted by Gasteiger charge is -2.05. The molecule has 0 aromatic carbocycles. The van der Waals surface area contributed by atoms with E-state index in [9.17, 15) is 13.2 Å². The number of hydrogen-bond donors (Lipinski definition) is 1. The molecule has 1 rings (SSSR count). The maximum Gasteiger partial charge on any atom is 0.408 e. The molecule has 1 N–H and O–H groups in total. The summed E-state index contributed by atoms with van der Waals surface area (Å²) in [6.45, 7) is 0.657. The van der Waals surface area contributed by atoms with Crippen molar-refractivity contribution < 1.29 is 17.9 Å². The molecule has 17 heavy (non-hydrogen) atoms. The predicted molar refractivity (Wildman–Crippen MR) is 59.1 cm³/mol. The van der Waals surface area contributed by atoms with Gasteiger partial charge < -0.3 is 10.1 Å². The van der Waals surface area contributed by atoms with Gasteiger partial charge in [-0.25, -0.2) is 0 Å². The van der Waals surface area contributed by atoms with E-state index in [0.717, 1.165) is 10.2 Å². The van der Waals surface area contributed by atoms with Crippen LogP contribution >= 0.6 is 12.4 Å². The minimum atomic E-state index is -4.23. The van der Waals surface area contributed by atoms with Gasteiger partial charge in [0.25, 0.3) is 0 Å². The number of hydrogen-bond acceptors (Lipinski definition) is 3. The smallest absolute Gasteiger partial charge is 0.383 e. The summed E-state index contributed by atoms with van der Waals surface area (Å²) >= 11 is 0. The van der Waals surface area contributed by atoms with Crippen LogP contribution in [-0.4, -0.2) is 36.2 Å². The van der Waals surface area contributed by atoms with Gasteiger partial charge in [-0.1, -0.05) is 0 Å². The Labute approximate surface area is 104 Å². The quantitative estimate of drug-likeness (QED) is 0.801. The van der Waals surface area contributed by atoms with Crippen molar-refractivity contribution in [1.29, 1.82) is 0 Å². The van der Waals surface area contributed by atoms with Gasteiger partial charge in [0.1, 0.15) is 6.54 Å². The number of aromatic nitrogens is 2. The molecule has 0 saturated carbocycles. The zero-order valence-electron chi connectivity index (χ0n) is 9.33. The summed E-state index contributed by atoms with van der Waals surface area (Å²) in [6.07, 6.45) is -1.42. The van der Waals surface area contributed by atoms with E-state index < -0.39 is 12.7 Å². The van der Waals surface area contributed by atoms with Crippen LogP contribution in [0.15, 0.2) is 12.4 Å². The molecule has 0 atom stereocenters. The lowest BCUT2D eigenvalue weighted by molar-refractivity contribution is -0.142. The molecule has 1 aromatic heterocycles. The van der Waals surface area contributed by atoms with Crippen LogP contribution in [-0.2, 0) is 17.8 Å². The standard InChI is InChI=1S/C9H14F3N3O.ClH/c1-16-3-2-13-4-8-5-14-15(6-8)7-9(10,11)12;/h5-6,13H,2-4,7H2,1H3;1H. The van der Waals surface area contributed by atoms with E-state index in [0.29, 0.717) is 19.7 Å². The minimum absolute atomic E-state index is 0. The summed E-state index contributed by atoms with van der Waals surface area (Å²) in [6, 6.07) is 0. The summed E-state index contributed by atoms with van der Waals surface area (Å²) in [5.41, 5.74) is 0.723. The first-order chi connectivity index (χ1) is 7.51. The number of nitrogens with one attached hydrogen (secondary N) is 1. The molecule has 1 heterocycles. The van der Waals surface area contributed by atoms with Gasteiger partial charge in [0, 0.05) is 32.0 Å². The Hall–Kier alpha value is -0.790. The van der Waals surface area contributed by atoms with E-state index >= 15 is 0 Å². The third kappa shape index (κ3) is 7.19. The van der Waals surface area contributed by atoms with Crippen LogP contribution in [0.3, 0.4) is 0 Å². The number of ether oxygens (including phenoxy) is 1. The zero-order chi connectivity index (χ0) is 12.0. The average molecular weight is 274 g/mol. The van der Waals surface area contributed by atoms with E-state index in [1.54, 1.807) is 7.11 Å². The summed E-state index contributed by atoms with van der Waals surface area (Å²) in [7, 11) is 1.59. The van der Waals surface area contributed by atoms with Gasteiger partial charge in [-0.15, -0.1) is 12.4 Å². The number of nitrogens with zero attached hydrogens (tertiary/aromatic N) is 2. The summed E-state index contributed by atoms with van der Waals surface area (Å²) in [5.74, 6) is 0. The summed E-state index contributed by atoms with van der Waals surface area (Å²) in [5, 5.41) is 6.65. The van der Waals surface area contributed by atoms with E-state index in [1.807, 2.05) is 0 Å². The van der Waals surface area contributed by atoms with E-state index in [-0.39, 0.29) is 12.4 Å². The van der Waals surface area contributed by atoms with E-state index in [4.69, 9.17) is 4.74 Å². The minimum Gasteiger partial charge on any atom is -0.383 e. The van der Waals surface area contributed by atoms with Gasteiger partial charge in [-0.2, -0.15) is 18.3 Å². The molecule has 100 valence electrons. The lowest BCUT2D eigenvalue weighted by atomic mass is 10.3. The van der Waals surface area contributed by atoms with Crippen molar-refractivity contribution >= 4 is 12.4 Å². The van der Waals surface area contributed by atoms with E-state index in [2.05, 4.69) is 10.4 Å². The first-order valence-corrected chi connectivity index (χ1v) is 4.79. The third-order valence-corrected chi connectivity index (χ3v) is 1.84. The molecule has 0 aliphatic rings. The van der Waals surface area contributed by atoms with Crippen LogP contribution in [0.25, 0.3) is 0 Å². The fourth-order valence-electron chi connectivity index (χ4n) is 1.17. The van der Waals surface area contributed by atoms with Gasteiger partial charge in [0.15, 0.2) is 0 Å². The molecule has 8 heteroatoms. The zero-order valence-corrected chi connectivity index (χ0v) is 10.1. The first-order valence-electron chi connectivity index (χ1n) is 4.79. The number of alkyl halides is 3. The normalized spacial score (nSPS) is 11.3. The fourth-order valence-corrected chi connectivity index (χ4v) is 1.17. The number of rotatable bonds is 6. The van der Waals surface area contributed by atoms with Crippen LogP contribution in [0.4, 0.5) is 13.2 Å². The Bertz CT molecular complexity index is 317. The van der Waals surface area contributed by atoms with Gasteiger partial charge >= 0.3 is 6.18 Å². The van der Waals surface area contributed by atoms with Gasteiger partial charge in [-0.3, -0.25) is 4.68 Å². The Balaban J connectivity index is 0.00000256. The second-order valence-electron chi connectivity index (χ2n) is 3.33. The molecule has 4 nitrogen and oxygen atoms in total. The highest BCUT2D eigenvalue weighted by Crippen LogP contribution is 2.16. The molecule has 1 aromatic rings. The van der Waals surface area contributed by atoms with Crippen LogP contribution in [0, 0.1) is 0 Å². The molecule has 0 unspecified atom stereocenters. The molecule has 0 radical (unpaired) electrons. The topological polar surface area (TPSA) is 39.1 Å². The highest BCUT2D eigenvalue weighted by atomic mass is 35.5. The predicted octanol–water partition coefficient (Wildman–Crippen LogP) is 1.60. The van der Waals surface area contributed by atoms with Crippen molar-refractivity contribution in [2.45, 2.75) is 19.3 Å². The van der Waals surface area contributed by atoms with Crippen molar-refractivity contribution in [2.75, 3.05) is 20.3 Å². The maximum absolute atomic E-state index is 12.0. The highest BCUT2D eigenvalue weighted by Gasteiger charge is 2.28. The molecule has 0 saturated heterocycles. The molecule has 0 amide bonds. The Morgan fingerprint density at radius 1 is 1.47 bits per heavy atom. The fraction of sp³-hybridized carbons (Fsp3) is 0.667. The van der Waals surface area contributed by atoms with Gasteiger partial charge in [0.05, 0.1) is 12.8 Å². The Kier molecular flexibility index (Phi) is 7.17. The van der Waals surface area contributed by atoms with Crippen LogP contribution in [0.5, 0.6) is 0 Å². The Morgan fingerprint density at radius 3 is 2.76 bits per heavy atom. The molecule has 0 fully saturated rings. The summed E-state index contributed by atoms with van der Waals surface area (Å²) < 4.78 is 41.7. The van der Waals surface area contributed by atoms with Crippen molar-refractivity contribution in [3.63, 3.8) is 0 Å². The van der Waals surface area contributed by atoms with Crippen LogP contribution in [0.2, 0.25) is 0 Å². The third-order valence-electron chi connectivity index (χ3n) is 1.84. The molecular formula is C9H15ClF3N3O. The maximum atomic E-state index is 12.0. The van der Waals surface area contributed by atoms with Crippen molar-refractivity contribution in [2.24, 2.45) is 0 Å².